The number of aryl methyl sites for hydroxylation is 2. The molecule has 1 aromatic carbocycles. The molecule has 7 nitrogen and oxygen atoms in total. The van der Waals surface area contributed by atoms with Crippen LogP contribution in [0.25, 0.3) is 11.5 Å². The number of hydrogen-bond acceptors (Lipinski definition) is 5. The smallest absolute Gasteiger partial charge is 0.163 e. The Balaban J connectivity index is 1.68. The molecule has 0 fully saturated rings. The van der Waals surface area contributed by atoms with Gasteiger partial charge < -0.3 is 4.74 Å². The van der Waals surface area contributed by atoms with Crippen molar-refractivity contribution >= 4 is 0 Å². The molecule has 0 amide bonds. The SMILES string of the molecule is COc1c(C)nn(-c2cc(Cc3c(C)nn(-c4ccc(F)cc4)c3C)ncn2)c1C. The van der Waals surface area contributed by atoms with Crippen LogP contribution >= 0.6 is 0 Å². The molecule has 0 bridgehead atoms. The molecule has 0 saturated carbocycles. The summed E-state index contributed by atoms with van der Waals surface area (Å²) in [6.07, 6.45) is 2.15. The van der Waals surface area contributed by atoms with Crippen LogP contribution in [0.15, 0.2) is 36.7 Å². The third kappa shape index (κ3) is 3.45. The molecule has 0 aliphatic rings. The first-order valence-corrected chi connectivity index (χ1v) is 9.61. The molecule has 154 valence electrons. The third-order valence-electron chi connectivity index (χ3n) is 5.23. The minimum absolute atomic E-state index is 0.269. The fourth-order valence-electron chi connectivity index (χ4n) is 3.69. The molecule has 0 radical (unpaired) electrons. The van der Waals surface area contributed by atoms with Crippen molar-refractivity contribution in [2.75, 3.05) is 7.11 Å². The van der Waals surface area contributed by atoms with Crippen LogP contribution in [0, 0.1) is 33.5 Å². The fraction of sp³-hybridized carbons (Fsp3) is 0.273. The number of halogens is 1. The van der Waals surface area contributed by atoms with Gasteiger partial charge in [-0.3, -0.25) is 0 Å². The summed E-state index contributed by atoms with van der Waals surface area (Å²) in [5, 5.41) is 9.18. The van der Waals surface area contributed by atoms with Gasteiger partial charge in [-0.25, -0.2) is 23.7 Å². The summed E-state index contributed by atoms with van der Waals surface area (Å²) < 4.78 is 22.3. The molecule has 0 saturated heterocycles. The topological polar surface area (TPSA) is 70.7 Å². The lowest BCUT2D eigenvalue weighted by molar-refractivity contribution is 0.408. The van der Waals surface area contributed by atoms with E-state index >= 15 is 0 Å². The van der Waals surface area contributed by atoms with Crippen molar-refractivity contribution in [1.29, 1.82) is 0 Å². The minimum Gasteiger partial charge on any atom is -0.493 e. The summed E-state index contributed by atoms with van der Waals surface area (Å²) in [4.78, 5) is 8.83. The molecule has 0 aliphatic heterocycles. The van der Waals surface area contributed by atoms with Gasteiger partial charge in [0.15, 0.2) is 11.6 Å². The minimum atomic E-state index is -0.269. The number of benzene rings is 1. The molecule has 4 aromatic rings. The third-order valence-corrected chi connectivity index (χ3v) is 5.23. The van der Waals surface area contributed by atoms with Crippen molar-refractivity contribution in [2.24, 2.45) is 0 Å². The summed E-state index contributed by atoms with van der Waals surface area (Å²) in [7, 11) is 1.64. The Morgan fingerprint density at radius 3 is 2.27 bits per heavy atom. The van der Waals surface area contributed by atoms with Gasteiger partial charge in [-0.2, -0.15) is 10.2 Å². The van der Waals surface area contributed by atoms with E-state index in [-0.39, 0.29) is 5.82 Å². The molecule has 30 heavy (non-hydrogen) atoms. The van der Waals surface area contributed by atoms with Gasteiger partial charge >= 0.3 is 0 Å². The number of hydrogen-bond donors (Lipinski definition) is 0. The van der Waals surface area contributed by atoms with E-state index in [1.54, 1.807) is 30.3 Å². The van der Waals surface area contributed by atoms with Crippen molar-refractivity contribution in [3.8, 4) is 17.3 Å². The summed E-state index contributed by atoms with van der Waals surface area (Å²) >= 11 is 0. The maximum Gasteiger partial charge on any atom is 0.163 e. The Bertz CT molecular complexity index is 1210. The predicted molar refractivity (Wildman–Crippen MR) is 111 cm³/mol. The molecular formula is C22H23FN6O. The standard InChI is InChI=1S/C22H23FN6O/c1-13-20(15(3)28(26-13)19-8-6-17(23)7-9-19)10-18-11-21(25-12-24-18)29-16(4)22(30-5)14(2)27-29/h6-9,11-12H,10H2,1-5H3. The van der Waals surface area contributed by atoms with Gasteiger partial charge in [0.2, 0.25) is 0 Å². The van der Waals surface area contributed by atoms with Crippen LogP contribution in [-0.4, -0.2) is 36.6 Å². The van der Waals surface area contributed by atoms with Crippen molar-refractivity contribution in [1.82, 2.24) is 29.5 Å². The van der Waals surface area contributed by atoms with Crippen molar-refractivity contribution < 1.29 is 9.13 Å². The van der Waals surface area contributed by atoms with E-state index in [4.69, 9.17) is 4.74 Å². The first kappa shape index (κ1) is 19.8. The highest BCUT2D eigenvalue weighted by Crippen LogP contribution is 2.25. The van der Waals surface area contributed by atoms with E-state index in [0.717, 1.165) is 45.5 Å². The first-order chi connectivity index (χ1) is 14.4. The number of nitrogens with zero attached hydrogens (tertiary/aromatic N) is 6. The van der Waals surface area contributed by atoms with Crippen molar-refractivity contribution in [3.05, 3.63) is 76.5 Å². The second kappa shape index (κ2) is 7.70. The molecule has 0 spiro atoms. The van der Waals surface area contributed by atoms with Crippen LogP contribution in [0.2, 0.25) is 0 Å². The Morgan fingerprint density at radius 2 is 1.60 bits per heavy atom. The van der Waals surface area contributed by atoms with Gasteiger partial charge in [0.05, 0.1) is 29.9 Å². The van der Waals surface area contributed by atoms with Crippen LogP contribution < -0.4 is 4.74 Å². The number of aromatic nitrogens is 6. The second-order valence-corrected chi connectivity index (χ2v) is 7.20. The second-order valence-electron chi connectivity index (χ2n) is 7.20. The number of ether oxygens (including phenoxy) is 1. The van der Waals surface area contributed by atoms with E-state index in [1.165, 1.54) is 12.1 Å². The summed E-state index contributed by atoms with van der Waals surface area (Å²) in [6.45, 7) is 7.83. The van der Waals surface area contributed by atoms with Gasteiger partial charge in [-0.15, -0.1) is 0 Å². The van der Waals surface area contributed by atoms with E-state index in [1.807, 2.05) is 38.4 Å². The van der Waals surface area contributed by atoms with Gasteiger partial charge in [-0.05, 0) is 52.0 Å². The Labute approximate surface area is 174 Å². The largest absolute Gasteiger partial charge is 0.493 e. The lowest BCUT2D eigenvalue weighted by Gasteiger charge is -2.07. The van der Waals surface area contributed by atoms with E-state index < -0.39 is 0 Å². The van der Waals surface area contributed by atoms with Crippen LogP contribution in [0.5, 0.6) is 5.75 Å². The summed E-state index contributed by atoms with van der Waals surface area (Å²) in [5.41, 5.74) is 6.35. The highest BCUT2D eigenvalue weighted by atomic mass is 19.1. The molecule has 8 heteroatoms. The van der Waals surface area contributed by atoms with Crippen LogP contribution in [-0.2, 0) is 6.42 Å². The van der Waals surface area contributed by atoms with E-state index in [0.29, 0.717) is 12.2 Å². The van der Waals surface area contributed by atoms with Crippen LogP contribution in [0.1, 0.15) is 34.0 Å². The zero-order valence-electron chi connectivity index (χ0n) is 17.6. The van der Waals surface area contributed by atoms with Gasteiger partial charge in [0.1, 0.15) is 17.8 Å². The molecular weight excluding hydrogens is 383 g/mol. The number of rotatable bonds is 5. The Morgan fingerprint density at radius 1 is 0.900 bits per heavy atom. The zero-order valence-corrected chi connectivity index (χ0v) is 17.6. The van der Waals surface area contributed by atoms with Gasteiger partial charge in [0.25, 0.3) is 0 Å². The van der Waals surface area contributed by atoms with Crippen molar-refractivity contribution in [3.63, 3.8) is 0 Å². The average molecular weight is 406 g/mol. The number of methoxy groups -OCH3 is 1. The molecule has 0 unspecified atom stereocenters. The molecule has 0 atom stereocenters. The quantitative estimate of drug-likeness (QED) is 0.504. The average Bonchev–Trinajstić information content (AvgIpc) is 3.18. The van der Waals surface area contributed by atoms with Gasteiger partial charge in [-0.1, -0.05) is 0 Å². The van der Waals surface area contributed by atoms with Gasteiger partial charge in [0, 0.05) is 23.7 Å². The summed E-state index contributed by atoms with van der Waals surface area (Å²) in [5.74, 6) is 1.17. The first-order valence-electron chi connectivity index (χ1n) is 9.61. The lowest BCUT2D eigenvalue weighted by Crippen LogP contribution is -2.05. The van der Waals surface area contributed by atoms with E-state index in [9.17, 15) is 4.39 Å². The highest BCUT2D eigenvalue weighted by molar-refractivity contribution is 5.41. The molecule has 3 heterocycles. The van der Waals surface area contributed by atoms with Crippen LogP contribution in [0.4, 0.5) is 4.39 Å². The zero-order chi connectivity index (χ0) is 21.4. The monoisotopic (exact) mass is 406 g/mol. The maximum absolute atomic E-state index is 13.3. The molecule has 0 aliphatic carbocycles. The molecule has 0 N–H and O–H groups in total. The lowest BCUT2D eigenvalue weighted by atomic mass is 10.1. The molecule has 3 aromatic heterocycles. The van der Waals surface area contributed by atoms with E-state index in [2.05, 4.69) is 20.2 Å². The maximum atomic E-state index is 13.3. The molecule has 4 rings (SSSR count). The normalized spacial score (nSPS) is 11.1. The Kier molecular flexibility index (Phi) is 5.07. The Hall–Kier alpha value is -3.55. The summed E-state index contributed by atoms with van der Waals surface area (Å²) in [6, 6.07) is 8.23. The van der Waals surface area contributed by atoms with Crippen molar-refractivity contribution in [2.45, 2.75) is 34.1 Å². The highest BCUT2D eigenvalue weighted by Gasteiger charge is 2.17. The predicted octanol–water partition coefficient (Wildman–Crippen LogP) is 3.82. The van der Waals surface area contributed by atoms with Crippen LogP contribution in [0.3, 0.4) is 0 Å². The fourth-order valence-corrected chi connectivity index (χ4v) is 3.69.